The van der Waals surface area contributed by atoms with Gasteiger partial charge in [-0.15, -0.1) is 0 Å². The SMILES string of the molecule is COc1cccn(Cc2ccccc2OC(F)F)c1=O. The van der Waals surface area contributed by atoms with Crippen LogP contribution in [-0.2, 0) is 6.54 Å². The molecule has 106 valence electrons. The summed E-state index contributed by atoms with van der Waals surface area (Å²) in [5, 5.41) is 0. The zero-order valence-corrected chi connectivity index (χ0v) is 10.8. The summed E-state index contributed by atoms with van der Waals surface area (Å²) in [6.45, 7) is -2.78. The molecule has 0 amide bonds. The van der Waals surface area contributed by atoms with Crippen LogP contribution in [0.15, 0.2) is 47.4 Å². The van der Waals surface area contributed by atoms with Gasteiger partial charge in [0.25, 0.3) is 5.56 Å². The second-order valence-corrected chi connectivity index (χ2v) is 4.00. The van der Waals surface area contributed by atoms with E-state index in [4.69, 9.17) is 4.74 Å². The predicted octanol–water partition coefficient (Wildman–Crippen LogP) is 2.51. The van der Waals surface area contributed by atoms with Gasteiger partial charge in [-0.1, -0.05) is 18.2 Å². The first kappa shape index (κ1) is 14.0. The van der Waals surface area contributed by atoms with Crippen LogP contribution in [0.2, 0.25) is 0 Å². The molecule has 0 unspecified atom stereocenters. The van der Waals surface area contributed by atoms with Crippen molar-refractivity contribution < 1.29 is 18.3 Å². The molecule has 4 nitrogen and oxygen atoms in total. The van der Waals surface area contributed by atoms with E-state index in [0.717, 1.165) is 0 Å². The highest BCUT2D eigenvalue weighted by Gasteiger charge is 2.11. The lowest BCUT2D eigenvalue weighted by atomic mass is 10.2. The van der Waals surface area contributed by atoms with E-state index in [0.29, 0.717) is 5.56 Å². The molecule has 6 heteroatoms. The summed E-state index contributed by atoms with van der Waals surface area (Å²) in [6.07, 6.45) is 1.56. The van der Waals surface area contributed by atoms with Gasteiger partial charge in [0.1, 0.15) is 5.75 Å². The fourth-order valence-electron chi connectivity index (χ4n) is 1.82. The largest absolute Gasteiger partial charge is 0.491 e. The second-order valence-electron chi connectivity index (χ2n) is 4.00. The molecule has 1 heterocycles. The van der Waals surface area contributed by atoms with Gasteiger partial charge in [0.15, 0.2) is 5.75 Å². The summed E-state index contributed by atoms with van der Waals surface area (Å²) in [5.41, 5.74) is 0.157. The third kappa shape index (κ3) is 3.14. The molecule has 20 heavy (non-hydrogen) atoms. The third-order valence-electron chi connectivity index (χ3n) is 2.73. The molecule has 0 spiro atoms. The molecular weight excluding hydrogens is 268 g/mol. The average Bonchev–Trinajstić information content (AvgIpc) is 2.42. The van der Waals surface area contributed by atoms with Gasteiger partial charge < -0.3 is 14.0 Å². The van der Waals surface area contributed by atoms with E-state index in [-0.39, 0.29) is 23.6 Å². The number of methoxy groups -OCH3 is 1. The maximum absolute atomic E-state index is 12.3. The molecule has 2 rings (SSSR count). The van der Waals surface area contributed by atoms with Crippen LogP contribution in [0.4, 0.5) is 8.78 Å². The van der Waals surface area contributed by atoms with Crippen LogP contribution in [0.3, 0.4) is 0 Å². The Morgan fingerprint density at radius 1 is 1.15 bits per heavy atom. The summed E-state index contributed by atoms with van der Waals surface area (Å²) in [5.74, 6) is 0.247. The van der Waals surface area contributed by atoms with Crippen LogP contribution in [0.5, 0.6) is 11.5 Å². The molecule has 1 aromatic carbocycles. The highest BCUT2D eigenvalue weighted by molar-refractivity contribution is 5.34. The molecule has 0 saturated carbocycles. The van der Waals surface area contributed by atoms with Crippen molar-refractivity contribution in [3.8, 4) is 11.5 Å². The maximum atomic E-state index is 12.3. The summed E-state index contributed by atoms with van der Waals surface area (Å²) in [7, 11) is 1.40. The van der Waals surface area contributed by atoms with E-state index in [9.17, 15) is 13.6 Å². The first-order valence-electron chi connectivity index (χ1n) is 5.88. The fraction of sp³-hybridized carbons (Fsp3) is 0.214. The zero-order chi connectivity index (χ0) is 14.5. The Bertz CT molecular complexity index is 640. The Balaban J connectivity index is 2.33. The van der Waals surface area contributed by atoms with Crippen molar-refractivity contribution in [2.45, 2.75) is 13.2 Å². The van der Waals surface area contributed by atoms with Gasteiger partial charge in [-0.3, -0.25) is 4.79 Å². The van der Waals surface area contributed by atoms with Crippen molar-refractivity contribution in [1.82, 2.24) is 4.57 Å². The molecule has 0 aliphatic carbocycles. The standard InChI is InChI=1S/C14H13F2NO3/c1-19-12-7-4-8-17(13(12)18)9-10-5-2-3-6-11(10)20-14(15)16/h2-8,14H,9H2,1H3. The van der Waals surface area contributed by atoms with Crippen molar-refractivity contribution >= 4 is 0 Å². The van der Waals surface area contributed by atoms with Gasteiger partial charge in [0.05, 0.1) is 13.7 Å². The summed E-state index contributed by atoms with van der Waals surface area (Å²) in [6, 6.07) is 9.54. The Morgan fingerprint density at radius 2 is 1.85 bits per heavy atom. The first-order chi connectivity index (χ1) is 9.61. The quantitative estimate of drug-likeness (QED) is 0.845. The number of alkyl halides is 2. The number of pyridine rings is 1. The minimum absolute atomic E-state index is 0.0530. The van der Waals surface area contributed by atoms with Crippen LogP contribution in [-0.4, -0.2) is 18.3 Å². The average molecular weight is 281 g/mol. The molecule has 2 aromatic rings. The molecule has 0 radical (unpaired) electrons. The minimum atomic E-state index is -2.90. The van der Waals surface area contributed by atoms with Crippen molar-refractivity contribution in [2.75, 3.05) is 7.11 Å². The number of hydrogen-bond donors (Lipinski definition) is 0. The van der Waals surface area contributed by atoms with Crippen molar-refractivity contribution in [2.24, 2.45) is 0 Å². The second kappa shape index (κ2) is 6.18. The van der Waals surface area contributed by atoms with Crippen LogP contribution in [0.1, 0.15) is 5.56 Å². The Morgan fingerprint density at radius 3 is 2.55 bits per heavy atom. The Kier molecular flexibility index (Phi) is 4.34. The van der Waals surface area contributed by atoms with Crippen molar-refractivity contribution in [1.29, 1.82) is 0 Å². The van der Waals surface area contributed by atoms with Crippen LogP contribution in [0.25, 0.3) is 0 Å². The summed E-state index contributed by atoms with van der Waals surface area (Å²) < 4.78 is 35.4. The number of benzene rings is 1. The van der Waals surface area contributed by atoms with E-state index >= 15 is 0 Å². The number of nitrogens with zero attached hydrogens (tertiary/aromatic N) is 1. The molecule has 0 N–H and O–H groups in total. The van der Waals surface area contributed by atoms with Crippen molar-refractivity contribution in [3.63, 3.8) is 0 Å². The smallest absolute Gasteiger partial charge is 0.387 e. The first-order valence-corrected chi connectivity index (χ1v) is 5.88. The molecular formula is C14H13F2NO3. The van der Waals surface area contributed by atoms with Crippen molar-refractivity contribution in [3.05, 3.63) is 58.5 Å². The number of ether oxygens (including phenoxy) is 2. The van der Waals surface area contributed by atoms with Gasteiger partial charge in [-0.2, -0.15) is 8.78 Å². The lowest BCUT2D eigenvalue weighted by Crippen LogP contribution is -2.21. The zero-order valence-electron chi connectivity index (χ0n) is 10.8. The van der Waals surface area contributed by atoms with Gasteiger partial charge in [-0.25, -0.2) is 0 Å². The third-order valence-corrected chi connectivity index (χ3v) is 2.73. The molecule has 1 aromatic heterocycles. The lowest BCUT2D eigenvalue weighted by Gasteiger charge is -2.12. The molecule has 0 fully saturated rings. The monoisotopic (exact) mass is 281 g/mol. The van der Waals surface area contributed by atoms with Crippen LogP contribution < -0.4 is 15.0 Å². The minimum Gasteiger partial charge on any atom is -0.491 e. The fourth-order valence-corrected chi connectivity index (χ4v) is 1.82. The van der Waals surface area contributed by atoms with Crippen LogP contribution >= 0.6 is 0 Å². The van der Waals surface area contributed by atoms with Gasteiger partial charge in [0.2, 0.25) is 0 Å². The summed E-state index contributed by atoms with van der Waals surface area (Å²) in [4.78, 5) is 12.0. The summed E-state index contributed by atoms with van der Waals surface area (Å²) >= 11 is 0. The van der Waals surface area contributed by atoms with E-state index < -0.39 is 6.61 Å². The predicted molar refractivity (Wildman–Crippen MR) is 69.4 cm³/mol. The normalized spacial score (nSPS) is 10.6. The van der Waals surface area contributed by atoms with Gasteiger partial charge in [0, 0.05) is 11.8 Å². The highest BCUT2D eigenvalue weighted by Crippen LogP contribution is 2.21. The highest BCUT2D eigenvalue weighted by atomic mass is 19.3. The molecule has 0 aliphatic heterocycles. The lowest BCUT2D eigenvalue weighted by molar-refractivity contribution is -0.0504. The molecule has 0 bridgehead atoms. The van der Waals surface area contributed by atoms with E-state index in [1.54, 1.807) is 36.5 Å². The molecule has 0 aliphatic rings. The Labute approximate surface area is 114 Å². The number of para-hydroxylation sites is 1. The number of aromatic nitrogens is 1. The van der Waals surface area contributed by atoms with E-state index in [2.05, 4.69) is 4.74 Å². The van der Waals surface area contributed by atoms with E-state index in [1.165, 1.54) is 17.7 Å². The maximum Gasteiger partial charge on any atom is 0.387 e. The number of halogens is 2. The Hall–Kier alpha value is -2.37. The topological polar surface area (TPSA) is 40.5 Å². The molecule has 0 atom stereocenters. The van der Waals surface area contributed by atoms with Crippen LogP contribution in [0, 0.1) is 0 Å². The van der Waals surface area contributed by atoms with Gasteiger partial charge >= 0.3 is 6.61 Å². The molecule has 0 saturated heterocycles. The number of hydrogen-bond acceptors (Lipinski definition) is 3. The van der Waals surface area contributed by atoms with E-state index in [1.807, 2.05) is 0 Å². The van der Waals surface area contributed by atoms with Gasteiger partial charge in [-0.05, 0) is 18.2 Å². The number of rotatable bonds is 5.